The molecule has 1 rings (SSSR count). The fraction of sp³-hybridized carbons (Fsp3) is 0.500. The summed E-state index contributed by atoms with van der Waals surface area (Å²) in [6, 6.07) is 0. The second-order valence-corrected chi connectivity index (χ2v) is 4.30. The van der Waals surface area contributed by atoms with Gasteiger partial charge in [0.1, 0.15) is 0 Å². The molecule has 4 heteroatoms. The molecule has 1 aliphatic rings. The van der Waals surface area contributed by atoms with Gasteiger partial charge in [-0.1, -0.05) is 22.7 Å². The van der Waals surface area contributed by atoms with Crippen LogP contribution < -0.4 is 0 Å². The summed E-state index contributed by atoms with van der Waals surface area (Å²) in [5, 5.41) is 0.459. The van der Waals surface area contributed by atoms with E-state index in [2.05, 4.69) is 4.74 Å². The van der Waals surface area contributed by atoms with Crippen LogP contribution in [0.25, 0.3) is 0 Å². The number of rotatable bonds is 3. The third kappa shape index (κ3) is 2.73. The van der Waals surface area contributed by atoms with Crippen LogP contribution in [0.5, 0.6) is 0 Å². The Balaban J connectivity index is 2.86. The Bertz CT molecular complexity index is 391. The molecule has 3 nitrogen and oxygen atoms in total. The molecule has 0 amide bonds. The zero-order valence-electron chi connectivity index (χ0n) is 9.72. The Hall–Kier alpha value is -1.09. The van der Waals surface area contributed by atoms with E-state index in [0.29, 0.717) is 23.4 Å². The molecular weight excluding hydrogens is 228 g/mol. The first-order valence-electron chi connectivity index (χ1n) is 5.21. The van der Waals surface area contributed by atoms with E-state index in [9.17, 15) is 9.59 Å². The Labute approximate surface area is 100 Å². The van der Waals surface area contributed by atoms with E-state index < -0.39 is 11.8 Å². The molecule has 0 N–H and O–H groups in total. The van der Waals surface area contributed by atoms with Crippen LogP contribution in [-0.4, -0.2) is 18.4 Å². The molecule has 0 unspecified atom stereocenters. The smallest absolute Gasteiger partial charge is 0.379 e. The summed E-state index contributed by atoms with van der Waals surface area (Å²) < 4.78 is 4.67. The minimum atomic E-state index is -0.817. The lowest BCUT2D eigenvalue weighted by molar-refractivity contribution is -0.151. The number of hydrogen-bond donors (Lipinski definition) is 0. The second kappa shape index (κ2) is 5.30. The molecule has 0 heterocycles. The Morgan fingerprint density at radius 1 is 1.25 bits per heavy atom. The van der Waals surface area contributed by atoms with Crippen LogP contribution in [-0.2, 0) is 14.3 Å². The second-order valence-electron chi connectivity index (χ2n) is 3.85. The number of halogens is 1. The van der Waals surface area contributed by atoms with Crippen LogP contribution in [0, 0.1) is 0 Å². The van der Waals surface area contributed by atoms with Crippen LogP contribution in [0.3, 0.4) is 0 Å². The molecule has 0 saturated heterocycles. The van der Waals surface area contributed by atoms with Crippen molar-refractivity contribution < 1.29 is 14.3 Å². The van der Waals surface area contributed by atoms with Gasteiger partial charge in [0, 0.05) is 17.0 Å². The first kappa shape index (κ1) is 13.0. The standard InChI is InChI=1S/C12H15ClO3/c1-4-16-12(15)11(14)9-5-7(2)8(3)6-10(9)13/h4-6H2,1-3H3. The van der Waals surface area contributed by atoms with Crippen LogP contribution >= 0.6 is 11.6 Å². The highest BCUT2D eigenvalue weighted by Gasteiger charge is 2.26. The van der Waals surface area contributed by atoms with Crippen molar-refractivity contribution in [3.8, 4) is 0 Å². The normalized spacial score (nSPS) is 16.5. The van der Waals surface area contributed by atoms with E-state index in [1.54, 1.807) is 6.92 Å². The molecule has 0 aromatic rings. The van der Waals surface area contributed by atoms with Gasteiger partial charge in [-0.25, -0.2) is 4.79 Å². The van der Waals surface area contributed by atoms with Crippen molar-refractivity contribution in [2.75, 3.05) is 6.61 Å². The number of carbonyl (C=O) groups is 2. The Morgan fingerprint density at radius 3 is 2.38 bits per heavy atom. The summed E-state index contributed by atoms with van der Waals surface area (Å²) in [4.78, 5) is 23.0. The maximum atomic E-state index is 11.7. The molecule has 0 radical (unpaired) electrons. The topological polar surface area (TPSA) is 43.4 Å². The number of ether oxygens (including phenoxy) is 1. The summed E-state index contributed by atoms with van der Waals surface area (Å²) in [5.74, 6) is -1.43. The maximum Gasteiger partial charge on any atom is 0.379 e. The summed E-state index contributed by atoms with van der Waals surface area (Å²) >= 11 is 6.00. The predicted octanol–water partition coefficient (Wildman–Crippen LogP) is 2.74. The van der Waals surface area contributed by atoms with Gasteiger partial charge in [0.25, 0.3) is 5.78 Å². The molecule has 0 spiro atoms. The van der Waals surface area contributed by atoms with Crippen LogP contribution in [0.4, 0.5) is 0 Å². The van der Waals surface area contributed by atoms with Crippen LogP contribution in [0.1, 0.15) is 33.6 Å². The molecule has 0 aromatic carbocycles. The average Bonchev–Trinajstić information content (AvgIpc) is 2.23. The Kier molecular flexibility index (Phi) is 4.30. The molecule has 0 fully saturated rings. The van der Waals surface area contributed by atoms with Crippen molar-refractivity contribution in [3.05, 3.63) is 21.8 Å². The van der Waals surface area contributed by atoms with E-state index in [-0.39, 0.29) is 6.61 Å². The summed E-state index contributed by atoms with van der Waals surface area (Å²) in [5.41, 5.74) is 2.63. The van der Waals surface area contributed by atoms with Gasteiger partial charge < -0.3 is 4.74 Å². The van der Waals surface area contributed by atoms with Gasteiger partial charge in [-0.3, -0.25) is 4.79 Å². The highest BCUT2D eigenvalue weighted by Crippen LogP contribution is 2.32. The highest BCUT2D eigenvalue weighted by atomic mass is 35.5. The number of Topliss-reactive ketones (excluding diaryl/α,β-unsaturated/α-hetero) is 1. The van der Waals surface area contributed by atoms with Gasteiger partial charge in [-0.05, 0) is 27.2 Å². The minimum Gasteiger partial charge on any atom is -0.460 e. The van der Waals surface area contributed by atoms with E-state index in [4.69, 9.17) is 11.6 Å². The Morgan fingerprint density at radius 2 is 1.81 bits per heavy atom. The number of carbonyl (C=O) groups excluding carboxylic acids is 2. The van der Waals surface area contributed by atoms with E-state index in [1.807, 2.05) is 13.8 Å². The van der Waals surface area contributed by atoms with Crippen molar-refractivity contribution in [2.45, 2.75) is 33.6 Å². The number of hydrogen-bond acceptors (Lipinski definition) is 3. The van der Waals surface area contributed by atoms with Crippen molar-refractivity contribution in [2.24, 2.45) is 0 Å². The van der Waals surface area contributed by atoms with Gasteiger partial charge in [-0.2, -0.15) is 0 Å². The first-order chi connectivity index (χ1) is 7.47. The van der Waals surface area contributed by atoms with Crippen molar-refractivity contribution in [1.82, 2.24) is 0 Å². The predicted molar refractivity (Wildman–Crippen MR) is 62.1 cm³/mol. The van der Waals surface area contributed by atoms with Crippen molar-refractivity contribution in [1.29, 1.82) is 0 Å². The van der Waals surface area contributed by atoms with Gasteiger partial charge in [-0.15, -0.1) is 0 Å². The van der Waals surface area contributed by atoms with Gasteiger partial charge in [0.15, 0.2) is 0 Å². The van der Waals surface area contributed by atoms with Crippen molar-refractivity contribution >= 4 is 23.4 Å². The lowest BCUT2D eigenvalue weighted by Crippen LogP contribution is -2.21. The van der Waals surface area contributed by atoms with Crippen LogP contribution in [0.2, 0.25) is 0 Å². The van der Waals surface area contributed by atoms with E-state index >= 15 is 0 Å². The van der Waals surface area contributed by atoms with Crippen molar-refractivity contribution in [3.63, 3.8) is 0 Å². The zero-order chi connectivity index (χ0) is 12.3. The van der Waals surface area contributed by atoms with Gasteiger partial charge in [0.05, 0.1) is 6.61 Å². The summed E-state index contributed by atoms with van der Waals surface area (Å²) in [7, 11) is 0. The molecule has 0 aromatic heterocycles. The molecule has 1 aliphatic carbocycles. The van der Waals surface area contributed by atoms with Gasteiger partial charge in [0.2, 0.25) is 0 Å². The zero-order valence-corrected chi connectivity index (χ0v) is 10.5. The third-order valence-corrected chi connectivity index (χ3v) is 3.01. The fourth-order valence-corrected chi connectivity index (χ4v) is 1.88. The molecule has 0 aliphatic heterocycles. The van der Waals surface area contributed by atoms with E-state index in [1.165, 1.54) is 0 Å². The quantitative estimate of drug-likeness (QED) is 0.434. The molecule has 16 heavy (non-hydrogen) atoms. The van der Waals surface area contributed by atoms with Gasteiger partial charge >= 0.3 is 5.97 Å². The fourth-order valence-electron chi connectivity index (χ4n) is 1.53. The molecule has 0 saturated carbocycles. The molecule has 0 bridgehead atoms. The summed E-state index contributed by atoms with van der Waals surface area (Å²) in [6.07, 6.45) is 0.996. The first-order valence-corrected chi connectivity index (χ1v) is 5.59. The maximum absolute atomic E-state index is 11.7. The lowest BCUT2D eigenvalue weighted by atomic mass is 9.91. The molecule has 88 valence electrons. The lowest BCUT2D eigenvalue weighted by Gasteiger charge is -2.17. The minimum absolute atomic E-state index is 0.198. The molecule has 0 atom stereocenters. The third-order valence-electron chi connectivity index (χ3n) is 2.65. The highest BCUT2D eigenvalue weighted by molar-refractivity contribution is 6.44. The average molecular weight is 243 g/mol. The monoisotopic (exact) mass is 242 g/mol. The number of allylic oxidation sites excluding steroid dienone is 3. The molecular formula is C12H15ClO3. The number of ketones is 1. The SMILES string of the molecule is CCOC(=O)C(=O)C1=C(Cl)CC(C)=C(C)C1. The van der Waals surface area contributed by atoms with Crippen LogP contribution in [0.15, 0.2) is 21.8 Å². The summed E-state index contributed by atoms with van der Waals surface area (Å²) in [6.45, 7) is 5.78. The van der Waals surface area contributed by atoms with E-state index in [0.717, 1.165) is 11.1 Å². The number of esters is 1. The largest absolute Gasteiger partial charge is 0.460 e.